The van der Waals surface area contributed by atoms with Gasteiger partial charge in [-0.05, 0) is 20.4 Å². The molecule has 1 saturated heterocycles. The molecule has 0 aromatic carbocycles. The van der Waals surface area contributed by atoms with Crippen molar-refractivity contribution in [1.82, 2.24) is 10.9 Å². The maximum absolute atomic E-state index is 11.7. The number of ketones is 1. The van der Waals surface area contributed by atoms with Gasteiger partial charge in [0.2, 0.25) is 0 Å². The van der Waals surface area contributed by atoms with Crippen LogP contribution in [0, 0.1) is 0 Å². The van der Waals surface area contributed by atoms with Gasteiger partial charge in [-0.3, -0.25) is 10.2 Å². The Balaban J connectivity index is 2.46. The van der Waals surface area contributed by atoms with Gasteiger partial charge in [0.15, 0.2) is 5.78 Å². The molecule has 2 unspecified atom stereocenters. The van der Waals surface area contributed by atoms with Gasteiger partial charge in [-0.2, -0.15) is 0 Å². The zero-order valence-electron chi connectivity index (χ0n) is 7.81. The van der Waals surface area contributed by atoms with Gasteiger partial charge in [-0.1, -0.05) is 6.92 Å². The third-order valence-electron chi connectivity index (χ3n) is 2.27. The van der Waals surface area contributed by atoms with Crippen LogP contribution in [0.3, 0.4) is 0 Å². The Labute approximate surface area is 77.6 Å². The first-order chi connectivity index (χ1) is 5.66. The van der Waals surface area contributed by atoms with Crippen molar-refractivity contribution >= 4 is 17.5 Å². The largest absolute Gasteiger partial charge is 0.296 e. The van der Waals surface area contributed by atoms with Crippen molar-refractivity contribution in [2.75, 3.05) is 12.8 Å². The second-order valence-electron chi connectivity index (χ2n) is 3.12. The number of thioether (sulfide) groups is 1. The van der Waals surface area contributed by atoms with Crippen LogP contribution in [0.15, 0.2) is 0 Å². The van der Waals surface area contributed by atoms with E-state index in [1.807, 2.05) is 6.92 Å². The van der Waals surface area contributed by atoms with E-state index in [1.165, 1.54) is 0 Å². The zero-order chi connectivity index (χ0) is 9.19. The van der Waals surface area contributed by atoms with Crippen LogP contribution in [0.1, 0.15) is 20.3 Å². The summed E-state index contributed by atoms with van der Waals surface area (Å²) in [5, 5.41) is 0. The Morgan fingerprint density at radius 3 is 2.67 bits per heavy atom. The highest BCUT2D eigenvalue weighted by Gasteiger charge is 2.50. The Morgan fingerprint density at radius 2 is 2.33 bits per heavy atom. The monoisotopic (exact) mass is 188 g/mol. The molecule has 1 aliphatic rings. The lowest BCUT2D eigenvalue weighted by molar-refractivity contribution is -0.122. The third kappa shape index (κ3) is 1.81. The third-order valence-corrected chi connectivity index (χ3v) is 3.74. The van der Waals surface area contributed by atoms with E-state index in [0.717, 1.165) is 12.2 Å². The van der Waals surface area contributed by atoms with Crippen molar-refractivity contribution < 1.29 is 4.79 Å². The van der Waals surface area contributed by atoms with Gasteiger partial charge >= 0.3 is 0 Å². The summed E-state index contributed by atoms with van der Waals surface area (Å²) in [6, 6.07) is -0.0788. The van der Waals surface area contributed by atoms with Crippen LogP contribution in [0.4, 0.5) is 0 Å². The molecule has 1 aliphatic heterocycles. The lowest BCUT2D eigenvalue weighted by atomic mass is 9.99. The average molecular weight is 188 g/mol. The molecule has 1 heterocycles. The maximum Gasteiger partial charge on any atom is 0.167 e. The van der Waals surface area contributed by atoms with Gasteiger partial charge < -0.3 is 0 Å². The molecule has 2 N–H and O–H groups in total. The number of hydrogen-bond acceptors (Lipinski definition) is 4. The predicted octanol–water partition coefficient (Wildman–Crippen LogP) is 0.564. The van der Waals surface area contributed by atoms with E-state index < -0.39 is 0 Å². The van der Waals surface area contributed by atoms with Crippen molar-refractivity contribution in [2.24, 2.45) is 0 Å². The predicted molar refractivity (Wildman–Crippen MR) is 52.1 cm³/mol. The minimum Gasteiger partial charge on any atom is -0.296 e. The van der Waals surface area contributed by atoms with E-state index in [0.29, 0.717) is 5.78 Å². The van der Waals surface area contributed by atoms with Gasteiger partial charge in [0, 0.05) is 5.75 Å². The van der Waals surface area contributed by atoms with E-state index in [9.17, 15) is 4.79 Å². The summed E-state index contributed by atoms with van der Waals surface area (Å²) in [6.07, 6.45) is 0.951. The van der Waals surface area contributed by atoms with Gasteiger partial charge in [0.1, 0.15) is 0 Å². The number of carbonyl (C=O) groups excluding carboxylic acids is 1. The first-order valence-corrected chi connectivity index (χ1v) is 5.25. The molecule has 0 aromatic heterocycles. The molecule has 70 valence electrons. The number of Topliss-reactive ketones (excluding diaryl/α,β-unsaturated/α-hetero) is 1. The Bertz CT molecular complexity index is 180. The van der Waals surface area contributed by atoms with Crippen molar-refractivity contribution in [3.63, 3.8) is 0 Å². The number of rotatable bonds is 5. The first-order valence-electron chi connectivity index (χ1n) is 4.27. The molecule has 1 fully saturated rings. The van der Waals surface area contributed by atoms with Crippen LogP contribution in [0.5, 0.6) is 0 Å². The fourth-order valence-corrected chi connectivity index (χ4v) is 2.33. The Hall–Kier alpha value is -0.0600. The number of hydrazine groups is 1. The topological polar surface area (TPSA) is 41.1 Å². The van der Waals surface area contributed by atoms with E-state index >= 15 is 0 Å². The molecule has 4 heteroatoms. The fourth-order valence-electron chi connectivity index (χ4n) is 1.28. The van der Waals surface area contributed by atoms with Crippen LogP contribution in [0.25, 0.3) is 0 Å². The highest BCUT2D eigenvalue weighted by molar-refractivity contribution is 8.08. The minimum atomic E-state index is -0.0788. The van der Waals surface area contributed by atoms with Crippen LogP contribution in [-0.2, 0) is 4.79 Å². The first kappa shape index (κ1) is 10.0. The number of hydrogen-bond donors (Lipinski definition) is 2. The smallest absolute Gasteiger partial charge is 0.167 e. The zero-order valence-corrected chi connectivity index (χ0v) is 8.62. The number of carbonyl (C=O) groups is 1. The Morgan fingerprint density at radius 1 is 1.75 bits per heavy atom. The summed E-state index contributed by atoms with van der Waals surface area (Å²) in [5.74, 6) is 1.32. The molecule has 12 heavy (non-hydrogen) atoms. The van der Waals surface area contributed by atoms with E-state index in [1.54, 1.807) is 18.8 Å². The molecule has 2 atom stereocenters. The van der Waals surface area contributed by atoms with Crippen molar-refractivity contribution in [3.8, 4) is 0 Å². The number of nitrogens with one attached hydrogen (secondary N) is 2. The summed E-state index contributed by atoms with van der Waals surface area (Å²) in [6.45, 7) is 3.97. The van der Waals surface area contributed by atoms with Gasteiger partial charge in [-0.15, -0.1) is 11.8 Å². The summed E-state index contributed by atoms with van der Waals surface area (Å²) < 4.78 is -0.0523. The second kappa shape index (κ2) is 3.77. The molecule has 0 aliphatic carbocycles. The van der Waals surface area contributed by atoms with E-state index in [2.05, 4.69) is 17.8 Å². The standard InChI is InChI=1S/C8H16N2OS/c1-4-8(5-12-8)7(11)6(2)10-9-3/h6,9-10H,4-5H2,1-3H3. The molecule has 0 radical (unpaired) electrons. The summed E-state index contributed by atoms with van der Waals surface area (Å²) in [5.41, 5.74) is 5.71. The van der Waals surface area contributed by atoms with Crippen molar-refractivity contribution in [1.29, 1.82) is 0 Å². The minimum absolute atomic E-state index is 0.0523. The summed E-state index contributed by atoms with van der Waals surface area (Å²) in [7, 11) is 1.78. The highest BCUT2D eigenvalue weighted by atomic mass is 32.2. The normalized spacial score (nSPS) is 29.9. The SMILES string of the molecule is CCC1(C(=O)C(C)NNC)CS1. The van der Waals surface area contributed by atoms with E-state index in [-0.39, 0.29) is 10.8 Å². The molecule has 1 rings (SSSR count). The molecular formula is C8H16N2OS. The van der Waals surface area contributed by atoms with Gasteiger partial charge in [0.25, 0.3) is 0 Å². The van der Waals surface area contributed by atoms with Gasteiger partial charge in [-0.25, -0.2) is 5.43 Å². The highest BCUT2D eigenvalue weighted by Crippen LogP contribution is 2.48. The van der Waals surface area contributed by atoms with Gasteiger partial charge in [0.05, 0.1) is 10.8 Å². The molecule has 0 bridgehead atoms. The molecule has 0 saturated carbocycles. The van der Waals surface area contributed by atoms with Crippen molar-refractivity contribution in [2.45, 2.75) is 31.1 Å². The lowest BCUT2D eigenvalue weighted by Crippen LogP contribution is -2.46. The lowest BCUT2D eigenvalue weighted by Gasteiger charge is -2.16. The van der Waals surface area contributed by atoms with Crippen LogP contribution < -0.4 is 10.9 Å². The van der Waals surface area contributed by atoms with Crippen LogP contribution >= 0.6 is 11.8 Å². The molecule has 0 amide bonds. The quantitative estimate of drug-likeness (QED) is 0.489. The van der Waals surface area contributed by atoms with Crippen molar-refractivity contribution in [3.05, 3.63) is 0 Å². The van der Waals surface area contributed by atoms with E-state index in [4.69, 9.17) is 0 Å². The molecule has 0 spiro atoms. The summed E-state index contributed by atoms with van der Waals surface area (Å²) >= 11 is 1.76. The van der Waals surface area contributed by atoms with Crippen LogP contribution in [0.2, 0.25) is 0 Å². The molecule has 3 nitrogen and oxygen atoms in total. The molecular weight excluding hydrogens is 172 g/mol. The molecule has 0 aromatic rings. The Kier molecular flexibility index (Phi) is 3.15. The summed E-state index contributed by atoms with van der Waals surface area (Å²) in [4.78, 5) is 11.7. The average Bonchev–Trinajstić information content (AvgIpc) is 2.84. The second-order valence-corrected chi connectivity index (χ2v) is 4.48. The fraction of sp³-hybridized carbons (Fsp3) is 0.875. The van der Waals surface area contributed by atoms with Crippen LogP contribution in [-0.4, -0.2) is 29.4 Å². The maximum atomic E-state index is 11.7.